The molecule has 0 aliphatic heterocycles. The zero-order valence-electron chi connectivity index (χ0n) is 17.9. The molecule has 0 fully saturated rings. The number of phosphoric ester groups is 1. The van der Waals surface area contributed by atoms with Gasteiger partial charge in [0.05, 0.1) is 6.61 Å². The maximum atomic E-state index is 11.9. The molecule has 0 aliphatic rings. The molecule has 0 aliphatic carbocycles. The molecule has 28 heavy (non-hydrogen) atoms. The fourth-order valence-corrected chi connectivity index (χ4v) is 3.72. The van der Waals surface area contributed by atoms with E-state index in [0.717, 1.165) is 44.6 Å². The third kappa shape index (κ3) is 15.3. The van der Waals surface area contributed by atoms with E-state index in [0.29, 0.717) is 12.8 Å². The molecule has 0 bridgehead atoms. The average molecular weight is 421 g/mol. The third-order valence-corrected chi connectivity index (χ3v) is 5.42. The van der Waals surface area contributed by atoms with Crippen LogP contribution in [0.2, 0.25) is 0 Å². The van der Waals surface area contributed by atoms with E-state index in [-0.39, 0.29) is 6.61 Å². The van der Waals surface area contributed by atoms with Crippen molar-refractivity contribution in [1.82, 2.24) is 0 Å². The molecular weight excluding hydrogens is 379 g/mol. The van der Waals surface area contributed by atoms with Crippen LogP contribution in [0.3, 0.4) is 0 Å². The molecule has 0 rings (SSSR count). The molecule has 0 radical (unpaired) electrons. The first-order valence-corrected chi connectivity index (χ1v) is 12.4. The number of phosphoric acid groups is 1. The van der Waals surface area contributed by atoms with Gasteiger partial charge in [0.2, 0.25) is 0 Å². The lowest BCUT2D eigenvalue weighted by Crippen LogP contribution is -2.39. The van der Waals surface area contributed by atoms with Crippen LogP contribution in [0.5, 0.6) is 0 Å². The van der Waals surface area contributed by atoms with Crippen molar-refractivity contribution in [3.05, 3.63) is 12.7 Å². The van der Waals surface area contributed by atoms with Gasteiger partial charge in [-0.05, 0) is 25.7 Å². The van der Waals surface area contributed by atoms with Gasteiger partial charge in [-0.15, -0.1) is 0 Å². The van der Waals surface area contributed by atoms with Gasteiger partial charge in [0.1, 0.15) is 5.60 Å². The zero-order chi connectivity index (χ0) is 21.3. The predicted octanol–water partition coefficient (Wildman–Crippen LogP) is 6.06. The molecular formula is C21H41O6P. The smallest absolute Gasteiger partial charge is 0.453 e. The molecule has 6 nitrogen and oxygen atoms in total. The Morgan fingerprint density at radius 2 is 1.32 bits per heavy atom. The first-order chi connectivity index (χ1) is 13.3. The summed E-state index contributed by atoms with van der Waals surface area (Å²) < 4.78 is 21.6. The van der Waals surface area contributed by atoms with Gasteiger partial charge in [-0.2, -0.15) is 0 Å². The minimum atomic E-state index is -4.64. The molecule has 0 amide bonds. The zero-order valence-corrected chi connectivity index (χ0v) is 18.8. The molecule has 2 N–H and O–H groups in total. The molecule has 0 aromatic carbocycles. The van der Waals surface area contributed by atoms with Gasteiger partial charge in [0.25, 0.3) is 0 Å². The number of unbranched alkanes of at least 4 members (excludes halogenated alkanes) is 10. The molecule has 0 saturated carbocycles. The topological polar surface area (TPSA) is 93.1 Å². The molecule has 0 heterocycles. The highest BCUT2D eigenvalue weighted by Crippen LogP contribution is 2.39. The van der Waals surface area contributed by atoms with Gasteiger partial charge < -0.3 is 14.5 Å². The third-order valence-electron chi connectivity index (χ3n) is 4.95. The van der Waals surface area contributed by atoms with Crippen LogP contribution in [-0.2, 0) is 18.6 Å². The molecule has 0 aromatic rings. The Bertz CT molecular complexity index is 444. The standard InChI is InChI=1S/C21H41O6P/c1-4-7-9-11-13-15-17-21(27-20(22)6-3,19-26-28(23,24)25)18-16-14-12-10-8-5-2/h6H,3-5,7-19H2,1-2H3,(H2,23,24,25). The van der Waals surface area contributed by atoms with Crippen molar-refractivity contribution in [2.75, 3.05) is 6.61 Å². The summed E-state index contributed by atoms with van der Waals surface area (Å²) in [6.07, 6.45) is 15.1. The Morgan fingerprint density at radius 1 is 0.893 bits per heavy atom. The lowest BCUT2D eigenvalue weighted by Gasteiger charge is -2.33. The van der Waals surface area contributed by atoms with Gasteiger partial charge in [-0.1, -0.05) is 84.6 Å². The van der Waals surface area contributed by atoms with Crippen molar-refractivity contribution >= 4 is 13.8 Å². The number of carbonyl (C=O) groups excluding carboxylic acids is 1. The number of ether oxygens (including phenoxy) is 1. The summed E-state index contributed by atoms with van der Waals surface area (Å²) in [4.78, 5) is 30.2. The van der Waals surface area contributed by atoms with E-state index < -0.39 is 19.4 Å². The fraction of sp³-hybridized carbons (Fsp3) is 0.857. The van der Waals surface area contributed by atoms with Gasteiger partial charge in [-0.3, -0.25) is 4.52 Å². The molecule has 166 valence electrons. The molecule has 0 saturated heterocycles. The van der Waals surface area contributed by atoms with Gasteiger partial charge in [0, 0.05) is 6.08 Å². The van der Waals surface area contributed by atoms with Gasteiger partial charge in [-0.25, -0.2) is 9.36 Å². The van der Waals surface area contributed by atoms with Crippen LogP contribution in [0, 0.1) is 0 Å². The Kier molecular flexibility index (Phi) is 15.8. The monoisotopic (exact) mass is 420 g/mol. The summed E-state index contributed by atoms with van der Waals surface area (Å²) in [5.74, 6) is -0.578. The number of carbonyl (C=O) groups is 1. The second-order valence-corrected chi connectivity index (χ2v) is 8.85. The van der Waals surface area contributed by atoms with E-state index in [9.17, 15) is 9.36 Å². The van der Waals surface area contributed by atoms with Gasteiger partial charge >= 0.3 is 13.8 Å². The van der Waals surface area contributed by atoms with Crippen LogP contribution < -0.4 is 0 Å². The molecule has 0 aromatic heterocycles. The minimum absolute atomic E-state index is 0.291. The summed E-state index contributed by atoms with van der Waals surface area (Å²) in [5.41, 5.74) is -1.01. The van der Waals surface area contributed by atoms with Crippen LogP contribution in [0.25, 0.3) is 0 Å². The summed E-state index contributed by atoms with van der Waals surface area (Å²) in [5, 5.41) is 0. The van der Waals surface area contributed by atoms with Crippen LogP contribution in [-0.4, -0.2) is 28.0 Å². The second kappa shape index (κ2) is 16.2. The van der Waals surface area contributed by atoms with Crippen molar-refractivity contribution < 1.29 is 28.4 Å². The summed E-state index contributed by atoms with van der Waals surface area (Å²) >= 11 is 0. The van der Waals surface area contributed by atoms with Crippen LogP contribution in [0.1, 0.15) is 104 Å². The van der Waals surface area contributed by atoms with Crippen molar-refractivity contribution in [3.8, 4) is 0 Å². The number of hydrogen-bond acceptors (Lipinski definition) is 4. The molecule has 0 spiro atoms. The number of rotatable bonds is 19. The first-order valence-electron chi connectivity index (χ1n) is 10.8. The average Bonchev–Trinajstić information content (AvgIpc) is 2.65. The highest BCUT2D eigenvalue weighted by molar-refractivity contribution is 7.46. The van der Waals surface area contributed by atoms with E-state index in [1.807, 2.05) is 0 Å². The number of hydrogen-bond donors (Lipinski definition) is 2. The largest absolute Gasteiger partial charge is 0.469 e. The molecule has 0 atom stereocenters. The van der Waals surface area contributed by atoms with Gasteiger partial charge in [0.15, 0.2) is 0 Å². The summed E-state index contributed by atoms with van der Waals surface area (Å²) in [6, 6.07) is 0. The normalized spacial score (nSPS) is 12.1. The van der Waals surface area contributed by atoms with E-state index in [1.165, 1.54) is 38.5 Å². The molecule has 7 heteroatoms. The highest BCUT2D eigenvalue weighted by Gasteiger charge is 2.36. The van der Waals surface area contributed by atoms with E-state index >= 15 is 0 Å². The van der Waals surface area contributed by atoms with E-state index in [4.69, 9.17) is 19.0 Å². The summed E-state index contributed by atoms with van der Waals surface area (Å²) in [6.45, 7) is 7.49. The van der Waals surface area contributed by atoms with Crippen LogP contribution in [0.15, 0.2) is 12.7 Å². The van der Waals surface area contributed by atoms with Crippen molar-refractivity contribution in [1.29, 1.82) is 0 Å². The highest BCUT2D eigenvalue weighted by atomic mass is 31.2. The Morgan fingerprint density at radius 3 is 1.71 bits per heavy atom. The second-order valence-electron chi connectivity index (χ2n) is 7.61. The Labute approximate surface area is 171 Å². The lowest BCUT2D eigenvalue weighted by molar-refractivity contribution is -0.160. The van der Waals surface area contributed by atoms with Crippen molar-refractivity contribution in [2.24, 2.45) is 0 Å². The van der Waals surface area contributed by atoms with Crippen LogP contribution >= 0.6 is 7.82 Å². The summed E-state index contributed by atoms with van der Waals surface area (Å²) in [7, 11) is -4.64. The fourth-order valence-electron chi connectivity index (χ4n) is 3.31. The maximum Gasteiger partial charge on any atom is 0.469 e. The molecule has 0 unspecified atom stereocenters. The van der Waals surface area contributed by atoms with E-state index in [2.05, 4.69) is 20.4 Å². The minimum Gasteiger partial charge on any atom is -0.453 e. The SMILES string of the molecule is C=CC(=O)OC(CCCCCCCC)(CCCCCCCC)COP(=O)(O)O. The van der Waals surface area contributed by atoms with Crippen molar-refractivity contribution in [2.45, 2.75) is 109 Å². The number of esters is 1. The first kappa shape index (κ1) is 27.3. The maximum absolute atomic E-state index is 11.9. The predicted molar refractivity (Wildman–Crippen MR) is 113 cm³/mol. The Balaban J connectivity index is 4.89. The Hall–Kier alpha value is -0.680. The van der Waals surface area contributed by atoms with E-state index in [1.54, 1.807) is 0 Å². The quantitative estimate of drug-likeness (QED) is 0.114. The lowest BCUT2D eigenvalue weighted by atomic mass is 9.90. The van der Waals surface area contributed by atoms with Crippen LogP contribution in [0.4, 0.5) is 0 Å². The van der Waals surface area contributed by atoms with Crippen molar-refractivity contribution in [3.63, 3.8) is 0 Å².